The van der Waals surface area contributed by atoms with Crippen molar-refractivity contribution in [3.05, 3.63) is 24.3 Å². The van der Waals surface area contributed by atoms with Gasteiger partial charge in [0.15, 0.2) is 0 Å². The molecule has 5 atom stereocenters. The Hall–Kier alpha value is -1.13. The molecule has 0 amide bonds. The summed E-state index contributed by atoms with van der Waals surface area (Å²) >= 11 is 0. The van der Waals surface area contributed by atoms with Crippen LogP contribution in [0, 0.1) is 17.8 Å². The normalized spacial score (nSPS) is 29.8. The Kier molecular flexibility index (Phi) is 8.70. The van der Waals surface area contributed by atoms with Crippen molar-refractivity contribution in [1.29, 1.82) is 0 Å². The quantitative estimate of drug-likeness (QED) is 0.295. The van der Waals surface area contributed by atoms with Crippen LogP contribution in [0.4, 0.5) is 0 Å². The van der Waals surface area contributed by atoms with Crippen molar-refractivity contribution in [2.24, 2.45) is 17.8 Å². The van der Waals surface area contributed by atoms with E-state index in [1.54, 1.807) is 0 Å². The van der Waals surface area contributed by atoms with Gasteiger partial charge in [-0.05, 0) is 31.6 Å². The van der Waals surface area contributed by atoms with Crippen molar-refractivity contribution in [2.45, 2.75) is 83.8 Å². The number of hydrogen-bond acceptors (Lipinski definition) is 3. The van der Waals surface area contributed by atoms with Gasteiger partial charge in [-0.1, -0.05) is 57.4 Å². The van der Waals surface area contributed by atoms with E-state index in [4.69, 9.17) is 14.9 Å². The number of rotatable bonds is 12. The Bertz CT molecular complexity index is 457. The van der Waals surface area contributed by atoms with Gasteiger partial charge in [0.1, 0.15) is 6.10 Å². The Labute approximate surface area is 152 Å². The summed E-state index contributed by atoms with van der Waals surface area (Å²) in [5, 5.41) is 8.66. The van der Waals surface area contributed by atoms with E-state index in [9.17, 15) is 4.79 Å². The molecule has 0 aromatic carbocycles. The summed E-state index contributed by atoms with van der Waals surface area (Å²) in [6, 6.07) is 0. The molecule has 25 heavy (non-hydrogen) atoms. The fourth-order valence-corrected chi connectivity index (χ4v) is 3.89. The van der Waals surface area contributed by atoms with E-state index >= 15 is 0 Å². The summed E-state index contributed by atoms with van der Waals surface area (Å²) in [6.45, 7) is 4.54. The second-order valence-corrected chi connectivity index (χ2v) is 7.60. The highest BCUT2D eigenvalue weighted by atomic mass is 17.2. The van der Waals surface area contributed by atoms with Crippen LogP contribution < -0.4 is 0 Å². The average Bonchev–Trinajstić information content (AvgIpc) is 3.17. The molecule has 2 aliphatic rings. The van der Waals surface area contributed by atoms with Gasteiger partial charge in [-0.2, -0.15) is 0 Å². The van der Waals surface area contributed by atoms with Gasteiger partial charge >= 0.3 is 5.97 Å². The summed E-state index contributed by atoms with van der Waals surface area (Å²) in [7, 11) is 0. The van der Waals surface area contributed by atoms with E-state index < -0.39 is 5.97 Å². The van der Waals surface area contributed by atoms with Crippen molar-refractivity contribution in [3.8, 4) is 0 Å². The molecule has 2 rings (SSSR count). The first kappa shape index (κ1) is 20.2. The van der Waals surface area contributed by atoms with E-state index in [1.165, 1.54) is 25.7 Å². The van der Waals surface area contributed by atoms with E-state index in [2.05, 4.69) is 38.2 Å². The fourth-order valence-electron chi connectivity index (χ4n) is 3.89. The number of hydrogen-bond donors (Lipinski definition) is 1. The van der Waals surface area contributed by atoms with Crippen molar-refractivity contribution >= 4 is 5.97 Å². The fraction of sp³-hybridized carbons (Fsp3) is 0.762. The van der Waals surface area contributed by atoms with Crippen LogP contribution in [0.2, 0.25) is 0 Å². The molecule has 1 N–H and O–H groups in total. The summed E-state index contributed by atoms with van der Waals surface area (Å²) in [6.07, 6.45) is 18.4. The van der Waals surface area contributed by atoms with Crippen molar-refractivity contribution in [3.63, 3.8) is 0 Å². The summed E-state index contributed by atoms with van der Waals surface area (Å²) in [5.41, 5.74) is 0. The van der Waals surface area contributed by atoms with Gasteiger partial charge in [0.2, 0.25) is 0 Å². The molecule has 1 saturated heterocycles. The molecule has 4 heteroatoms. The third kappa shape index (κ3) is 6.59. The van der Waals surface area contributed by atoms with Crippen LogP contribution in [0.5, 0.6) is 0 Å². The third-order valence-corrected chi connectivity index (χ3v) is 5.43. The van der Waals surface area contributed by atoms with Crippen LogP contribution in [0.15, 0.2) is 24.3 Å². The third-order valence-electron chi connectivity index (χ3n) is 5.43. The number of fused-ring (bicyclic) bond motifs is 2. The first-order chi connectivity index (χ1) is 12.1. The SMILES string of the molecule is CCCCC[C@H](C)/C=C/[C@@H]1[C@@H](C/C=C\CCCC(=O)O)[C@@H]2C[C@H]1OO2. The largest absolute Gasteiger partial charge is 0.481 e. The van der Waals surface area contributed by atoms with Gasteiger partial charge in [-0.3, -0.25) is 4.79 Å². The average molecular weight is 350 g/mol. The minimum atomic E-state index is -0.717. The predicted octanol–water partition coefficient (Wildman–Crippen LogP) is 5.30. The molecule has 4 nitrogen and oxygen atoms in total. The number of carboxylic acids is 1. The minimum Gasteiger partial charge on any atom is -0.481 e. The molecule has 1 aliphatic carbocycles. The molecule has 0 aromatic heterocycles. The van der Waals surface area contributed by atoms with E-state index in [1.807, 2.05) is 0 Å². The van der Waals surface area contributed by atoms with E-state index in [0.717, 1.165) is 19.3 Å². The standard InChI is InChI=1S/C21H34O4/c1-3-4-7-10-16(2)13-14-18-17(19-15-20(18)25-24-19)11-8-5-6-9-12-21(22)23/h5,8,13-14,16-20H,3-4,6-7,9-12,15H2,1-2H3,(H,22,23)/b8-5-,14-13+/t16-,17+,18+,19-,20+/m0/s1. The minimum absolute atomic E-state index is 0.203. The topological polar surface area (TPSA) is 55.8 Å². The zero-order chi connectivity index (χ0) is 18.1. The monoisotopic (exact) mass is 350 g/mol. The lowest BCUT2D eigenvalue weighted by Crippen LogP contribution is -2.28. The number of unbranched alkanes of at least 4 members (excludes halogenated alkanes) is 3. The molecule has 1 aliphatic heterocycles. The van der Waals surface area contributed by atoms with Gasteiger partial charge in [-0.25, -0.2) is 9.78 Å². The second kappa shape index (κ2) is 10.8. The van der Waals surface area contributed by atoms with E-state index in [0.29, 0.717) is 24.2 Å². The highest BCUT2D eigenvalue weighted by molar-refractivity contribution is 5.66. The molecule has 1 heterocycles. The maximum Gasteiger partial charge on any atom is 0.303 e. The maximum absolute atomic E-state index is 10.5. The molecule has 0 unspecified atom stereocenters. The smallest absolute Gasteiger partial charge is 0.303 e. The summed E-state index contributed by atoms with van der Waals surface area (Å²) in [4.78, 5) is 21.4. The molecular formula is C21H34O4. The highest BCUT2D eigenvalue weighted by Gasteiger charge is 2.49. The van der Waals surface area contributed by atoms with Gasteiger partial charge < -0.3 is 5.11 Å². The molecule has 0 spiro atoms. The molecule has 0 aromatic rings. The molecule has 2 fully saturated rings. The number of allylic oxidation sites excluding steroid dienone is 3. The second-order valence-electron chi connectivity index (χ2n) is 7.60. The Morgan fingerprint density at radius 3 is 2.76 bits per heavy atom. The van der Waals surface area contributed by atoms with Crippen LogP contribution in [-0.2, 0) is 14.6 Å². The number of carboxylic acid groups (broad SMARTS) is 1. The van der Waals surface area contributed by atoms with Gasteiger partial charge in [0, 0.05) is 24.7 Å². The van der Waals surface area contributed by atoms with Crippen LogP contribution in [0.3, 0.4) is 0 Å². The molecule has 142 valence electrons. The van der Waals surface area contributed by atoms with Crippen LogP contribution >= 0.6 is 0 Å². The Morgan fingerprint density at radius 2 is 2.00 bits per heavy atom. The van der Waals surface area contributed by atoms with Gasteiger partial charge in [0.25, 0.3) is 0 Å². The van der Waals surface area contributed by atoms with Gasteiger partial charge in [-0.15, -0.1) is 0 Å². The molecule has 2 bridgehead atoms. The lowest BCUT2D eigenvalue weighted by Gasteiger charge is -2.27. The lowest BCUT2D eigenvalue weighted by atomic mass is 9.88. The zero-order valence-corrected chi connectivity index (χ0v) is 15.7. The zero-order valence-electron chi connectivity index (χ0n) is 15.7. The maximum atomic E-state index is 10.5. The van der Waals surface area contributed by atoms with Crippen molar-refractivity contribution in [2.75, 3.05) is 0 Å². The molecular weight excluding hydrogens is 316 g/mol. The molecule has 1 saturated carbocycles. The van der Waals surface area contributed by atoms with Gasteiger partial charge in [0.05, 0.1) is 6.10 Å². The van der Waals surface area contributed by atoms with Crippen molar-refractivity contribution < 1.29 is 19.7 Å². The van der Waals surface area contributed by atoms with Crippen LogP contribution in [0.25, 0.3) is 0 Å². The summed E-state index contributed by atoms with van der Waals surface area (Å²) in [5.74, 6) is 0.828. The van der Waals surface area contributed by atoms with Crippen LogP contribution in [0.1, 0.15) is 71.6 Å². The Morgan fingerprint density at radius 1 is 1.20 bits per heavy atom. The van der Waals surface area contributed by atoms with E-state index in [-0.39, 0.29) is 18.6 Å². The summed E-state index contributed by atoms with van der Waals surface area (Å²) < 4.78 is 0. The van der Waals surface area contributed by atoms with Crippen molar-refractivity contribution in [1.82, 2.24) is 0 Å². The predicted molar refractivity (Wildman–Crippen MR) is 99.0 cm³/mol. The highest BCUT2D eigenvalue weighted by Crippen LogP contribution is 2.45. The first-order valence-corrected chi connectivity index (χ1v) is 9.99. The van der Waals surface area contributed by atoms with Crippen LogP contribution in [-0.4, -0.2) is 23.3 Å². The number of aliphatic carboxylic acids is 1. The molecule has 0 radical (unpaired) electrons. The first-order valence-electron chi connectivity index (χ1n) is 9.99. The Balaban J connectivity index is 1.78. The lowest BCUT2D eigenvalue weighted by molar-refractivity contribution is -0.336. The number of carbonyl (C=O) groups is 1.